The van der Waals surface area contributed by atoms with Gasteiger partial charge in [-0.3, -0.25) is 19.9 Å². The lowest BCUT2D eigenvalue weighted by molar-refractivity contribution is -0.120. The molecule has 1 aromatic heterocycles. The van der Waals surface area contributed by atoms with Gasteiger partial charge in [-0.05, 0) is 46.4 Å². The molecule has 198 valence electrons. The normalized spacial score (nSPS) is 15.5. The molecule has 7 nitrogen and oxygen atoms in total. The highest BCUT2D eigenvalue weighted by Crippen LogP contribution is 2.31. The van der Waals surface area contributed by atoms with E-state index < -0.39 is 11.8 Å². The number of imidazole rings is 1. The minimum Gasteiger partial charge on any atom is -0.314 e. The van der Waals surface area contributed by atoms with Gasteiger partial charge in [0.05, 0.1) is 11.2 Å². The number of nitrogens with one attached hydrogen (secondary N) is 1. The number of hydrogen-bond donors (Lipinski definition) is 1. The SMILES string of the molecule is Cn1c(N2CCC(=O)NC2=O)cnc1-c1ccc2c(c1)CN(Cc1ccc(Cc3cccc(F)c3Cl)cc1)C2. The van der Waals surface area contributed by atoms with Crippen molar-refractivity contribution >= 4 is 29.4 Å². The Bertz CT molecular complexity index is 1580. The largest absolute Gasteiger partial charge is 0.329 e. The highest BCUT2D eigenvalue weighted by atomic mass is 35.5. The zero-order valence-corrected chi connectivity index (χ0v) is 22.2. The fourth-order valence-corrected chi connectivity index (χ4v) is 5.54. The summed E-state index contributed by atoms with van der Waals surface area (Å²) in [6, 6.07) is 19.3. The van der Waals surface area contributed by atoms with Crippen molar-refractivity contribution in [3.63, 3.8) is 0 Å². The summed E-state index contributed by atoms with van der Waals surface area (Å²) in [7, 11) is 1.88. The molecular weight excluding hydrogens is 517 g/mol. The number of hydrogen-bond acceptors (Lipinski definition) is 4. The van der Waals surface area contributed by atoms with E-state index in [9.17, 15) is 14.0 Å². The monoisotopic (exact) mass is 543 g/mol. The van der Waals surface area contributed by atoms with Crippen LogP contribution in [0.1, 0.15) is 34.2 Å². The zero-order valence-electron chi connectivity index (χ0n) is 21.5. The predicted molar refractivity (Wildman–Crippen MR) is 148 cm³/mol. The molecule has 4 aromatic rings. The van der Waals surface area contributed by atoms with Crippen molar-refractivity contribution in [2.75, 3.05) is 11.4 Å². The number of urea groups is 1. The van der Waals surface area contributed by atoms with E-state index in [1.807, 2.05) is 17.7 Å². The Kier molecular flexibility index (Phi) is 6.66. The quantitative estimate of drug-likeness (QED) is 0.352. The summed E-state index contributed by atoms with van der Waals surface area (Å²) < 4.78 is 15.7. The lowest BCUT2D eigenvalue weighted by Crippen LogP contribution is -2.50. The van der Waals surface area contributed by atoms with Crippen LogP contribution < -0.4 is 10.2 Å². The van der Waals surface area contributed by atoms with E-state index >= 15 is 0 Å². The maximum Gasteiger partial charge on any atom is 0.329 e. The van der Waals surface area contributed by atoms with Gasteiger partial charge in [0.15, 0.2) is 0 Å². The van der Waals surface area contributed by atoms with Crippen molar-refractivity contribution in [1.29, 1.82) is 0 Å². The van der Waals surface area contributed by atoms with Crippen molar-refractivity contribution in [3.8, 4) is 11.4 Å². The number of amides is 3. The van der Waals surface area contributed by atoms with E-state index in [1.54, 1.807) is 17.2 Å². The Morgan fingerprint density at radius 2 is 1.77 bits per heavy atom. The molecule has 0 saturated carbocycles. The molecule has 3 heterocycles. The minimum absolute atomic E-state index is 0.186. The van der Waals surface area contributed by atoms with Gasteiger partial charge in [-0.15, -0.1) is 0 Å². The summed E-state index contributed by atoms with van der Waals surface area (Å²) in [5.41, 5.74) is 6.62. The molecule has 2 aliphatic heterocycles. The molecule has 1 N–H and O–H groups in total. The Labute approximate surface area is 230 Å². The Morgan fingerprint density at radius 1 is 1.00 bits per heavy atom. The summed E-state index contributed by atoms with van der Waals surface area (Å²) in [5.74, 6) is 0.773. The molecular formula is C30H27ClFN5O2. The van der Waals surface area contributed by atoms with Crippen LogP contribution in [-0.4, -0.2) is 32.9 Å². The first kappa shape index (κ1) is 25.3. The summed E-state index contributed by atoms with van der Waals surface area (Å²) in [6.07, 6.45) is 2.53. The first-order chi connectivity index (χ1) is 18.9. The molecule has 6 rings (SSSR count). The Balaban J connectivity index is 1.12. The molecule has 2 aliphatic rings. The van der Waals surface area contributed by atoms with Crippen LogP contribution in [0.5, 0.6) is 0 Å². The van der Waals surface area contributed by atoms with Crippen molar-refractivity contribution in [1.82, 2.24) is 19.8 Å². The molecule has 0 radical (unpaired) electrons. The molecule has 0 unspecified atom stereocenters. The second-order valence-corrected chi connectivity index (χ2v) is 10.5. The summed E-state index contributed by atoms with van der Waals surface area (Å²) >= 11 is 6.12. The third kappa shape index (κ3) is 5.05. The fourth-order valence-electron chi connectivity index (χ4n) is 5.34. The first-order valence-electron chi connectivity index (χ1n) is 12.8. The smallest absolute Gasteiger partial charge is 0.314 e. The number of aromatic nitrogens is 2. The number of carbonyl (C=O) groups excluding carboxylic acids is 2. The van der Waals surface area contributed by atoms with E-state index in [4.69, 9.17) is 11.6 Å². The molecule has 0 atom stereocenters. The van der Waals surface area contributed by atoms with Gasteiger partial charge in [0.2, 0.25) is 5.91 Å². The van der Waals surface area contributed by atoms with Crippen molar-refractivity contribution in [3.05, 3.63) is 106 Å². The van der Waals surface area contributed by atoms with Gasteiger partial charge in [0.25, 0.3) is 0 Å². The number of nitrogens with zero attached hydrogens (tertiary/aromatic N) is 4. The molecule has 0 bridgehead atoms. The summed E-state index contributed by atoms with van der Waals surface area (Å²) in [6.45, 7) is 2.85. The fraction of sp³-hybridized carbons (Fsp3) is 0.233. The van der Waals surface area contributed by atoms with Crippen LogP contribution in [0.3, 0.4) is 0 Å². The zero-order chi connectivity index (χ0) is 27.1. The third-order valence-electron chi connectivity index (χ3n) is 7.40. The number of fused-ring (bicyclic) bond motifs is 1. The number of rotatable bonds is 6. The van der Waals surface area contributed by atoms with E-state index in [-0.39, 0.29) is 17.4 Å². The average molecular weight is 544 g/mol. The number of imide groups is 1. The van der Waals surface area contributed by atoms with Crippen LogP contribution in [0.25, 0.3) is 11.4 Å². The maximum absolute atomic E-state index is 13.8. The molecule has 1 saturated heterocycles. The topological polar surface area (TPSA) is 70.5 Å². The van der Waals surface area contributed by atoms with Crippen LogP contribution in [-0.2, 0) is 37.9 Å². The van der Waals surface area contributed by atoms with Gasteiger partial charge in [-0.2, -0.15) is 0 Å². The van der Waals surface area contributed by atoms with Gasteiger partial charge in [-0.1, -0.05) is 60.1 Å². The Morgan fingerprint density at radius 3 is 2.56 bits per heavy atom. The van der Waals surface area contributed by atoms with Crippen LogP contribution in [0, 0.1) is 5.82 Å². The second-order valence-electron chi connectivity index (χ2n) is 10.1. The molecule has 39 heavy (non-hydrogen) atoms. The van der Waals surface area contributed by atoms with Gasteiger partial charge in [0.1, 0.15) is 17.5 Å². The minimum atomic E-state index is -0.420. The predicted octanol–water partition coefficient (Wildman–Crippen LogP) is 5.43. The maximum atomic E-state index is 13.8. The molecule has 3 amide bonds. The number of benzene rings is 3. The lowest BCUT2D eigenvalue weighted by atomic mass is 10.0. The summed E-state index contributed by atoms with van der Waals surface area (Å²) in [5, 5.41) is 2.55. The van der Waals surface area contributed by atoms with Crippen LogP contribution >= 0.6 is 11.6 Å². The second kappa shape index (κ2) is 10.3. The summed E-state index contributed by atoms with van der Waals surface area (Å²) in [4.78, 5) is 32.3. The van der Waals surface area contributed by atoms with E-state index in [1.165, 1.54) is 22.8 Å². The molecule has 0 aliphatic carbocycles. The van der Waals surface area contributed by atoms with Crippen molar-refractivity contribution < 1.29 is 14.0 Å². The number of carbonyl (C=O) groups is 2. The van der Waals surface area contributed by atoms with Gasteiger partial charge in [0, 0.05) is 45.2 Å². The van der Waals surface area contributed by atoms with Crippen LogP contribution in [0.4, 0.5) is 15.0 Å². The van der Waals surface area contributed by atoms with E-state index in [2.05, 4.69) is 57.7 Å². The molecule has 1 fully saturated rings. The van der Waals surface area contributed by atoms with Crippen LogP contribution in [0.2, 0.25) is 5.02 Å². The van der Waals surface area contributed by atoms with E-state index in [0.29, 0.717) is 18.8 Å². The highest BCUT2D eigenvalue weighted by Gasteiger charge is 2.27. The first-order valence-corrected chi connectivity index (χ1v) is 13.2. The average Bonchev–Trinajstić information content (AvgIpc) is 3.50. The molecule has 9 heteroatoms. The van der Waals surface area contributed by atoms with Gasteiger partial charge >= 0.3 is 6.03 Å². The standard InChI is InChI=1S/C30H27ClFN5O2/c1-35-27(37-12-11-26(38)34-30(37)39)15-33-29(35)22-9-10-23-17-36(18-24(23)14-22)16-20-7-5-19(6-8-20)13-21-3-2-4-25(32)28(21)31/h2-10,14-15H,11-13,16-18H2,1H3,(H,34,38,39). The van der Waals surface area contributed by atoms with Crippen LogP contribution in [0.15, 0.2) is 66.9 Å². The lowest BCUT2D eigenvalue weighted by Gasteiger charge is -2.26. The third-order valence-corrected chi connectivity index (χ3v) is 7.83. The van der Waals surface area contributed by atoms with Crippen molar-refractivity contribution in [2.45, 2.75) is 32.5 Å². The highest BCUT2D eigenvalue weighted by molar-refractivity contribution is 6.31. The van der Waals surface area contributed by atoms with Gasteiger partial charge < -0.3 is 4.57 Å². The Hall–Kier alpha value is -4.01. The number of anilines is 1. The van der Waals surface area contributed by atoms with Gasteiger partial charge in [-0.25, -0.2) is 14.2 Å². The molecule has 3 aromatic carbocycles. The van der Waals surface area contributed by atoms with Crippen molar-refractivity contribution in [2.24, 2.45) is 7.05 Å². The molecule has 0 spiro atoms. The van der Waals surface area contributed by atoms with E-state index in [0.717, 1.165) is 42.1 Å². The number of halogens is 2.